The van der Waals surface area contributed by atoms with E-state index in [0.29, 0.717) is 5.56 Å². The monoisotopic (exact) mass is 282 g/mol. The third kappa shape index (κ3) is 1.60. The van der Waals surface area contributed by atoms with Crippen molar-refractivity contribution in [3.63, 3.8) is 0 Å². The molecule has 2 aliphatic rings. The number of esters is 1. The van der Waals surface area contributed by atoms with E-state index in [1.807, 2.05) is 60.7 Å². The molecule has 21 heavy (non-hydrogen) atoms. The maximum absolute atomic E-state index is 11.8. The fourth-order valence-corrected chi connectivity index (χ4v) is 3.19. The van der Waals surface area contributed by atoms with Gasteiger partial charge in [0.15, 0.2) is 5.60 Å². The number of ether oxygens (including phenoxy) is 2. The molecule has 0 aromatic heterocycles. The van der Waals surface area contributed by atoms with Crippen molar-refractivity contribution in [2.45, 2.75) is 23.9 Å². The molecule has 4 rings (SSSR count). The number of carbonyl (C=O) groups excluding carboxylic acids is 1. The molecule has 0 unspecified atom stereocenters. The number of benzene rings is 2. The van der Waals surface area contributed by atoms with E-state index in [-0.39, 0.29) is 6.42 Å². The van der Waals surface area contributed by atoms with Gasteiger partial charge in [0.05, 0.1) is 6.42 Å². The Hall–Kier alpha value is -2.17. The highest BCUT2D eigenvalue weighted by atomic mass is 16.8. The van der Waals surface area contributed by atoms with Gasteiger partial charge in [-0.05, 0) is 11.1 Å². The smallest absolute Gasteiger partial charge is 0.311 e. The van der Waals surface area contributed by atoms with Crippen molar-refractivity contribution in [3.8, 4) is 0 Å². The molecule has 3 atom stereocenters. The lowest BCUT2D eigenvalue weighted by Crippen LogP contribution is -2.48. The summed E-state index contributed by atoms with van der Waals surface area (Å²) in [6, 6.07) is 18.6. The van der Waals surface area contributed by atoms with Gasteiger partial charge in [0, 0.05) is 0 Å². The molecule has 2 saturated heterocycles. The zero-order valence-corrected chi connectivity index (χ0v) is 11.2. The Kier molecular flexibility index (Phi) is 2.49. The molecular weight excluding hydrogens is 268 g/mol. The van der Waals surface area contributed by atoms with Crippen LogP contribution >= 0.6 is 0 Å². The molecule has 0 saturated carbocycles. The number of fused-ring (bicyclic) bond motifs is 1. The maximum atomic E-state index is 11.8. The minimum absolute atomic E-state index is 0.123. The number of hydrogen-bond donors (Lipinski definition) is 1. The van der Waals surface area contributed by atoms with Gasteiger partial charge in [-0.3, -0.25) is 4.79 Å². The molecule has 1 N–H and O–H groups in total. The van der Waals surface area contributed by atoms with Crippen LogP contribution in [-0.4, -0.2) is 17.4 Å². The summed E-state index contributed by atoms with van der Waals surface area (Å²) in [5.74, 6) is -0.449. The summed E-state index contributed by atoms with van der Waals surface area (Å²) in [7, 11) is 0. The first-order valence-corrected chi connectivity index (χ1v) is 6.87. The van der Waals surface area contributed by atoms with Gasteiger partial charge in [0.1, 0.15) is 5.60 Å². The lowest BCUT2D eigenvalue weighted by molar-refractivity contribution is -0.165. The number of rotatable bonds is 2. The molecule has 4 nitrogen and oxygen atoms in total. The molecule has 0 aliphatic carbocycles. The van der Waals surface area contributed by atoms with Crippen molar-refractivity contribution >= 4 is 5.97 Å². The van der Waals surface area contributed by atoms with Crippen molar-refractivity contribution in [1.82, 2.24) is 0 Å². The average Bonchev–Trinajstić information content (AvgIpc) is 3.25. The minimum atomic E-state index is -1.42. The second kappa shape index (κ2) is 4.16. The van der Waals surface area contributed by atoms with Crippen LogP contribution in [0.2, 0.25) is 0 Å². The minimum Gasteiger partial charge on any atom is -0.432 e. The Morgan fingerprint density at radius 3 is 2.14 bits per heavy atom. The Bertz CT molecular complexity index is 684. The quantitative estimate of drug-likeness (QED) is 0.676. The van der Waals surface area contributed by atoms with Crippen molar-refractivity contribution in [2.75, 3.05) is 0 Å². The van der Waals surface area contributed by atoms with Crippen molar-refractivity contribution in [3.05, 3.63) is 71.8 Å². The van der Waals surface area contributed by atoms with Crippen LogP contribution in [0.5, 0.6) is 0 Å². The average molecular weight is 282 g/mol. The van der Waals surface area contributed by atoms with E-state index in [4.69, 9.17) is 9.47 Å². The van der Waals surface area contributed by atoms with Gasteiger partial charge in [-0.15, -0.1) is 0 Å². The van der Waals surface area contributed by atoms with Crippen molar-refractivity contribution in [1.29, 1.82) is 0 Å². The Morgan fingerprint density at radius 2 is 1.52 bits per heavy atom. The molecule has 0 spiro atoms. The Labute approximate surface area is 121 Å². The van der Waals surface area contributed by atoms with Gasteiger partial charge in [-0.1, -0.05) is 60.7 Å². The molecule has 0 amide bonds. The second-order valence-electron chi connectivity index (χ2n) is 5.44. The van der Waals surface area contributed by atoms with E-state index in [1.54, 1.807) is 0 Å². The molecule has 0 bridgehead atoms. The number of carbonyl (C=O) groups is 1. The van der Waals surface area contributed by atoms with Crippen LogP contribution in [0.25, 0.3) is 0 Å². The number of epoxide rings is 1. The summed E-state index contributed by atoms with van der Waals surface area (Å²) in [5.41, 5.74) is -0.957. The highest BCUT2D eigenvalue weighted by Crippen LogP contribution is 2.62. The zero-order chi connectivity index (χ0) is 14.5. The van der Waals surface area contributed by atoms with E-state index < -0.39 is 23.5 Å². The van der Waals surface area contributed by atoms with Crippen LogP contribution in [-0.2, 0) is 25.5 Å². The normalized spacial score (nSPS) is 34.0. The van der Waals surface area contributed by atoms with Crippen LogP contribution in [0, 0.1) is 0 Å². The van der Waals surface area contributed by atoms with Crippen LogP contribution in [0.3, 0.4) is 0 Å². The van der Waals surface area contributed by atoms with E-state index in [2.05, 4.69) is 0 Å². The predicted molar refractivity (Wildman–Crippen MR) is 74.0 cm³/mol. The molecule has 0 radical (unpaired) electrons. The van der Waals surface area contributed by atoms with Crippen molar-refractivity contribution in [2.24, 2.45) is 0 Å². The number of hydrogen-bond acceptors (Lipinski definition) is 4. The molecule has 4 heteroatoms. The van der Waals surface area contributed by atoms with Crippen molar-refractivity contribution < 1.29 is 19.4 Å². The summed E-state index contributed by atoms with van der Waals surface area (Å²) in [5, 5.41) is 11.3. The van der Waals surface area contributed by atoms with E-state index in [1.165, 1.54) is 0 Å². The van der Waals surface area contributed by atoms with Gasteiger partial charge in [0.25, 0.3) is 0 Å². The first-order valence-electron chi connectivity index (χ1n) is 6.87. The fourth-order valence-electron chi connectivity index (χ4n) is 3.19. The summed E-state index contributed by atoms with van der Waals surface area (Å²) >= 11 is 0. The largest absolute Gasteiger partial charge is 0.432 e. The number of aliphatic hydroxyl groups is 1. The topological polar surface area (TPSA) is 59.1 Å². The molecule has 2 aromatic carbocycles. The van der Waals surface area contributed by atoms with Gasteiger partial charge in [-0.25, -0.2) is 0 Å². The molecule has 2 aliphatic heterocycles. The highest BCUT2D eigenvalue weighted by molar-refractivity contribution is 5.74. The second-order valence-corrected chi connectivity index (χ2v) is 5.44. The molecule has 2 aromatic rings. The maximum Gasteiger partial charge on any atom is 0.311 e. The van der Waals surface area contributed by atoms with E-state index in [0.717, 1.165) is 5.56 Å². The van der Waals surface area contributed by atoms with Crippen LogP contribution in [0.15, 0.2) is 60.7 Å². The first kappa shape index (κ1) is 12.6. The third-order valence-electron chi connectivity index (χ3n) is 4.27. The molecule has 106 valence electrons. The van der Waals surface area contributed by atoms with E-state index in [9.17, 15) is 9.90 Å². The highest BCUT2D eigenvalue weighted by Gasteiger charge is 2.76. The molecular formula is C17H14O4. The Balaban J connectivity index is 1.89. The zero-order valence-electron chi connectivity index (χ0n) is 11.2. The summed E-state index contributed by atoms with van der Waals surface area (Å²) in [4.78, 5) is 11.8. The Morgan fingerprint density at radius 1 is 0.952 bits per heavy atom. The lowest BCUT2D eigenvalue weighted by Gasteiger charge is -2.36. The van der Waals surface area contributed by atoms with E-state index >= 15 is 0 Å². The fraction of sp³-hybridized carbons (Fsp3) is 0.235. The summed E-state index contributed by atoms with van der Waals surface area (Å²) in [6.45, 7) is 0. The molecule has 2 fully saturated rings. The van der Waals surface area contributed by atoms with Gasteiger partial charge < -0.3 is 14.6 Å². The van der Waals surface area contributed by atoms with Gasteiger partial charge in [-0.2, -0.15) is 0 Å². The third-order valence-corrected chi connectivity index (χ3v) is 4.27. The SMILES string of the molecule is O=C1C[C@@](O)(c2ccccc2)[C@@]2(c3ccccc3)O[C@@H]2O1. The first-order chi connectivity index (χ1) is 10.2. The summed E-state index contributed by atoms with van der Waals surface area (Å²) in [6.07, 6.45) is -0.853. The van der Waals surface area contributed by atoms with Crippen LogP contribution in [0.4, 0.5) is 0 Å². The lowest BCUT2D eigenvalue weighted by atomic mass is 9.73. The predicted octanol–water partition coefficient (Wildman–Crippen LogP) is 2.07. The summed E-state index contributed by atoms with van der Waals surface area (Å²) < 4.78 is 10.9. The van der Waals surface area contributed by atoms with Gasteiger partial charge >= 0.3 is 5.97 Å². The molecule has 2 heterocycles. The standard InChI is InChI=1S/C17H14O4/c18-14-11-16(19,12-7-3-1-4-8-12)17(15(20-14)21-17)13-9-5-2-6-10-13/h1-10,15,19H,11H2/t15-,16+,17-/m0/s1. The van der Waals surface area contributed by atoms with Crippen LogP contribution < -0.4 is 0 Å². The van der Waals surface area contributed by atoms with Crippen LogP contribution in [0.1, 0.15) is 17.5 Å². The van der Waals surface area contributed by atoms with Gasteiger partial charge in [0.2, 0.25) is 6.29 Å².